The van der Waals surface area contributed by atoms with Crippen molar-refractivity contribution in [3.05, 3.63) is 54.4 Å². The zero-order valence-electron chi connectivity index (χ0n) is 14.7. The Kier molecular flexibility index (Phi) is 6.97. The van der Waals surface area contributed by atoms with Gasteiger partial charge in [0.25, 0.3) is 0 Å². The van der Waals surface area contributed by atoms with Crippen LogP contribution in [0.2, 0.25) is 0 Å². The molecule has 0 aliphatic carbocycles. The van der Waals surface area contributed by atoms with Crippen molar-refractivity contribution in [1.82, 2.24) is 15.0 Å². The molecule has 0 unspecified atom stereocenters. The number of hydrogen-bond donors (Lipinski definition) is 2. The molecule has 28 heavy (non-hydrogen) atoms. The molecule has 1 aromatic carbocycles. The second-order valence-electron chi connectivity index (χ2n) is 5.71. The Balaban J connectivity index is 1.85. The van der Waals surface area contributed by atoms with Crippen LogP contribution in [0.5, 0.6) is 5.75 Å². The molecule has 2 aromatic rings. The number of aromatic nitrogens is 1. The largest absolute Gasteiger partial charge is 0.573 e. The van der Waals surface area contributed by atoms with Gasteiger partial charge in [-0.05, 0) is 43.3 Å². The number of rotatable bonds is 8. The second-order valence-corrected chi connectivity index (χ2v) is 7.48. The molecule has 0 saturated heterocycles. The Bertz CT molecular complexity index is 888. The molecule has 152 valence electrons. The third-order valence-corrected chi connectivity index (χ3v) is 5.00. The third kappa shape index (κ3) is 6.82. The predicted octanol–water partition coefficient (Wildman–Crippen LogP) is 2.53. The first-order valence-electron chi connectivity index (χ1n) is 8.12. The first-order valence-corrected chi connectivity index (χ1v) is 9.61. The van der Waals surface area contributed by atoms with E-state index in [1.807, 2.05) is 0 Å². The van der Waals surface area contributed by atoms with Crippen molar-refractivity contribution in [1.29, 1.82) is 0 Å². The molecule has 1 heterocycles. The average Bonchev–Trinajstić information content (AvgIpc) is 2.61. The number of carbonyl (C=O) groups is 1. The SMILES string of the molecule is C[C@@H](NC(=O)CCNS(=O)(=O)c1ccc(OC(F)(F)F)cc1)c1ccccn1. The van der Waals surface area contributed by atoms with Gasteiger partial charge in [-0.2, -0.15) is 0 Å². The summed E-state index contributed by atoms with van der Waals surface area (Å²) in [5.41, 5.74) is 0.664. The van der Waals surface area contributed by atoms with Crippen molar-refractivity contribution >= 4 is 15.9 Å². The summed E-state index contributed by atoms with van der Waals surface area (Å²) in [4.78, 5) is 15.8. The second kappa shape index (κ2) is 9.02. The Labute approximate surface area is 160 Å². The van der Waals surface area contributed by atoms with Gasteiger partial charge in [-0.3, -0.25) is 9.78 Å². The minimum Gasteiger partial charge on any atom is -0.406 e. The lowest BCUT2D eigenvalue weighted by molar-refractivity contribution is -0.274. The highest BCUT2D eigenvalue weighted by Gasteiger charge is 2.31. The van der Waals surface area contributed by atoms with Crippen molar-refractivity contribution in [2.24, 2.45) is 0 Å². The van der Waals surface area contributed by atoms with E-state index in [4.69, 9.17) is 0 Å². The molecule has 2 rings (SSSR count). The van der Waals surface area contributed by atoms with Crippen LogP contribution in [0.3, 0.4) is 0 Å². The number of carbonyl (C=O) groups excluding carboxylic acids is 1. The van der Waals surface area contributed by atoms with Crippen molar-refractivity contribution < 1.29 is 31.1 Å². The number of alkyl halides is 3. The molecule has 0 fully saturated rings. The van der Waals surface area contributed by atoms with Crippen LogP contribution in [-0.2, 0) is 14.8 Å². The number of sulfonamides is 1. The maximum absolute atomic E-state index is 12.1. The first-order chi connectivity index (χ1) is 13.1. The van der Waals surface area contributed by atoms with Crippen molar-refractivity contribution in [2.45, 2.75) is 30.6 Å². The number of amides is 1. The fourth-order valence-corrected chi connectivity index (χ4v) is 3.25. The Hall–Kier alpha value is -2.66. The van der Waals surface area contributed by atoms with Gasteiger partial charge < -0.3 is 10.1 Å². The molecule has 0 aliphatic heterocycles. The van der Waals surface area contributed by atoms with Crippen molar-refractivity contribution in [2.75, 3.05) is 6.54 Å². The molecule has 0 radical (unpaired) electrons. The molecule has 0 saturated carbocycles. The van der Waals surface area contributed by atoms with E-state index in [-0.39, 0.29) is 29.8 Å². The van der Waals surface area contributed by atoms with Gasteiger partial charge in [-0.15, -0.1) is 13.2 Å². The van der Waals surface area contributed by atoms with Gasteiger partial charge in [0.1, 0.15) is 5.75 Å². The van der Waals surface area contributed by atoms with E-state index in [9.17, 15) is 26.4 Å². The lowest BCUT2D eigenvalue weighted by Crippen LogP contribution is -2.32. The Morgan fingerprint density at radius 1 is 1.18 bits per heavy atom. The number of nitrogens with one attached hydrogen (secondary N) is 2. The number of nitrogens with zero attached hydrogens (tertiary/aromatic N) is 1. The summed E-state index contributed by atoms with van der Waals surface area (Å²) in [5.74, 6) is -0.913. The molecule has 0 bridgehead atoms. The number of benzene rings is 1. The molecular weight excluding hydrogens is 399 g/mol. The minimum absolute atomic E-state index is 0.119. The molecule has 1 atom stereocenters. The van der Waals surface area contributed by atoms with Gasteiger partial charge in [0.2, 0.25) is 15.9 Å². The number of pyridine rings is 1. The molecule has 0 aliphatic rings. The fraction of sp³-hybridized carbons (Fsp3) is 0.294. The van der Waals surface area contributed by atoms with Crippen LogP contribution in [0.1, 0.15) is 25.1 Å². The van der Waals surface area contributed by atoms with Gasteiger partial charge in [0.05, 0.1) is 16.6 Å². The third-order valence-electron chi connectivity index (χ3n) is 3.52. The van der Waals surface area contributed by atoms with Crippen molar-refractivity contribution in [3.63, 3.8) is 0 Å². The van der Waals surface area contributed by atoms with Crippen LogP contribution < -0.4 is 14.8 Å². The number of ether oxygens (including phenoxy) is 1. The monoisotopic (exact) mass is 417 g/mol. The summed E-state index contributed by atoms with van der Waals surface area (Å²) in [6.45, 7) is 1.57. The quantitative estimate of drug-likeness (QED) is 0.688. The highest BCUT2D eigenvalue weighted by atomic mass is 32.2. The van der Waals surface area contributed by atoms with Crippen LogP contribution >= 0.6 is 0 Å². The molecule has 11 heteroatoms. The maximum atomic E-state index is 12.1. The summed E-state index contributed by atoms with van der Waals surface area (Å²) in [6.07, 6.45) is -3.39. The molecule has 7 nitrogen and oxygen atoms in total. The van der Waals surface area contributed by atoms with Gasteiger partial charge >= 0.3 is 6.36 Å². The standard InChI is InChI=1S/C17H18F3N3O4S/c1-12(15-4-2-3-10-21-15)23-16(24)9-11-22-28(25,26)14-7-5-13(6-8-14)27-17(18,19)20/h2-8,10,12,22H,9,11H2,1H3,(H,23,24)/t12-/m1/s1. The fourth-order valence-electron chi connectivity index (χ4n) is 2.22. The minimum atomic E-state index is -4.86. The molecule has 1 amide bonds. The highest BCUT2D eigenvalue weighted by Crippen LogP contribution is 2.23. The molecule has 2 N–H and O–H groups in total. The summed E-state index contributed by atoms with van der Waals surface area (Å²) >= 11 is 0. The van der Waals surface area contributed by atoms with E-state index >= 15 is 0 Å². The summed E-state index contributed by atoms with van der Waals surface area (Å²) in [5, 5.41) is 2.69. The molecule has 0 spiro atoms. The zero-order valence-corrected chi connectivity index (χ0v) is 15.5. The molecular formula is C17H18F3N3O4S. The van der Waals surface area contributed by atoms with Crippen LogP contribution in [0.4, 0.5) is 13.2 Å². The van der Waals surface area contributed by atoms with E-state index in [0.717, 1.165) is 24.3 Å². The Morgan fingerprint density at radius 3 is 2.43 bits per heavy atom. The van der Waals surface area contributed by atoms with Crippen LogP contribution in [0.15, 0.2) is 53.6 Å². The number of hydrogen-bond acceptors (Lipinski definition) is 5. The topological polar surface area (TPSA) is 97.4 Å². The van der Waals surface area contributed by atoms with Crippen LogP contribution in [-0.4, -0.2) is 32.2 Å². The van der Waals surface area contributed by atoms with E-state index in [2.05, 4.69) is 19.8 Å². The van der Waals surface area contributed by atoms with E-state index in [1.165, 1.54) is 0 Å². The zero-order chi connectivity index (χ0) is 20.8. The molecule has 1 aromatic heterocycles. The predicted molar refractivity (Wildman–Crippen MR) is 93.7 cm³/mol. The summed E-state index contributed by atoms with van der Waals surface area (Å²) in [6, 6.07) is 8.68. The smallest absolute Gasteiger partial charge is 0.406 e. The van der Waals surface area contributed by atoms with Crippen molar-refractivity contribution in [3.8, 4) is 5.75 Å². The van der Waals surface area contributed by atoms with E-state index < -0.39 is 22.1 Å². The lowest BCUT2D eigenvalue weighted by atomic mass is 10.2. The normalized spacial score (nSPS) is 13.0. The lowest BCUT2D eigenvalue weighted by Gasteiger charge is -2.13. The first kappa shape index (κ1) is 21.6. The van der Waals surface area contributed by atoms with Gasteiger partial charge in [0, 0.05) is 19.2 Å². The average molecular weight is 417 g/mol. The highest BCUT2D eigenvalue weighted by molar-refractivity contribution is 7.89. The van der Waals surface area contributed by atoms with Gasteiger partial charge in [-0.1, -0.05) is 6.07 Å². The Morgan fingerprint density at radius 2 is 1.86 bits per heavy atom. The van der Waals surface area contributed by atoms with Gasteiger partial charge in [0.15, 0.2) is 0 Å². The van der Waals surface area contributed by atoms with Gasteiger partial charge in [-0.25, -0.2) is 13.1 Å². The van der Waals surface area contributed by atoms with E-state index in [0.29, 0.717) is 5.69 Å². The number of halogens is 3. The maximum Gasteiger partial charge on any atom is 0.573 e. The summed E-state index contributed by atoms with van der Waals surface area (Å²) < 4.78 is 66.5. The summed E-state index contributed by atoms with van der Waals surface area (Å²) in [7, 11) is -3.98. The van der Waals surface area contributed by atoms with Crippen LogP contribution in [0, 0.1) is 0 Å². The van der Waals surface area contributed by atoms with E-state index in [1.54, 1.807) is 31.3 Å². The van der Waals surface area contributed by atoms with Crippen LogP contribution in [0.25, 0.3) is 0 Å².